The molecule has 0 N–H and O–H groups in total. The fourth-order valence-corrected chi connectivity index (χ4v) is 4.53. The van der Waals surface area contributed by atoms with Gasteiger partial charge in [0.25, 0.3) is 11.5 Å². The minimum Gasteiger partial charge on any atom is -0.338 e. The van der Waals surface area contributed by atoms with Crippen molar-refractivity contribution in [1.82, 2.24) is 19.4 Å². The summed E-state index contributed by atoms with van der Waals surface area (Å²) in [5, 5.41) is 0. The van der Waals surface area contributed by atoms with Gasteiger partial charge in [0.05, 0.1) is 0 Å². The molecule has 6 heteroatoms. The van der Waals surface area contributed by atoms with Gasteiger partial charge in [-0.25, -0.2) is 0 Å². The fraction of sp³-hybridized carbons (Fsp3) is 0.273. The van der Waals surface area contributed by atoms with E-state index >= 15 is 0 Å². The van der Waals surface area contributed by atoms with Crippen LogP contribution < -0.4 is 5.56 Å². The van der Waals surface area contributed by atoms with Crippen LogP contribution in [0.4, 0.5) is 0 Å². The first-order valence-corrected chi connectivity index (χ1v) is 9.54. The van der Waals surface area contributed by atoms with Crippen molar-refractivity contribution in [1.29, 1.82) is 0 Å². The molecule has 2 bridgehead atoms. The van der Waals surface area contributed by atoms with E-state index in [2.05, 4.69) is 9.97 Å². The van der Waals surface area contributed by atoms with E-state index in [9.17, 15) is 9.59 Å². The Balaban J connectivity index is 1.47. The van der Waals surface area contributed by atoms with E-state index in [1.165, 1.54) is 0 Å². The van der Waals surface area contributed by atoms with Crippen LogP contribution in [0.15, 0.2) is 66.0 Å². The summed E-state index contributed by atoms with van der Waals surface area (Å²) < 4.78 is 1.91. The molecule has 0 spiro atoms. The average molecular weight is 372 g/mol. The lowest BCUT2D eigenvalue weighted by Gasteiger charge is -2.43. The maximum atomic E-state index is 13.1. The van der Waals surface area contributed by atoms with Gasteiger partial charge in [-0.1, -0.05) is 6.07 Å². The van der Waals surface area contributed by atoms with E-state index in [-0.39, 0.29) is 17.4 Å². The number of fused-ring (bicyclic) bond motifs is 4. The highest BCUT2D eigenvalue weighted by Gasteiger charge is 2.36. The lowest BCUT2D eigenvalue weighted by atomic mass is 9.82. The number of rotatable bonds is 2. The molecule has 140 valence electrons. The van der Waals surface area contributed by atoms with Gasteiger partial charge in [-0.05, 0) is 42.7 Å². The molecule has 6 nitrogen and oxygen atoms in total. The van der Waals surface area contributed by atoms with Crippen LogP contribution in [0.5, 0.6) is 0 Å². The Hall–Kier alpha value is -3.28. The van der Waals surface area contributed by atoms with Crippen molar-refractivity contribution >= 4 is 5.91 Å². The molecule has 2 aliphatic heterocycles. The second-order valence-corrected chi connectivity index (χ2v) is 7.57. The number of likely N-dealkylation sites (tertiary alicyclic amines) is 1. The van der Waals surface area contributed by atoms with Crippen molar-refractivity contribution in [3.05, 3.63) is 82.8 Å². The van der Waals surface area contributed by atoms with Crippen molar-refractivity contribution < 1.29 is 4.79 Å². The Kier molecular flexibility index (Phi) is 4.04. The highest BCUT2D eigenvalue weighted by atomic mass is 16.2. The molecule has 28 heavy (non-hydrogen) atoms. The molecule has 0 unspecified atom stereocenters. The number of aromatic nitrogens is 3. The van der Waals surface area contributed by atoms with Gasteiger partial charge in [0.15, 0.2) is 0 Å². The van der Waals surface area contributed by atoms with Crippen molar-refractivity contribution in [2.75, 3.05) is 13.1 Å². The van der Waals surface area contributed by atoms with E-state index in [0.29, 0.717) is 36.7 Å². The third-order valence-corrected chi connectivity index (χ3v) is 5.79. The number of pyridine rings is 3. The largest absolute Gasteiger partial charge is 0.338 e. The first kappa shape index (κ1) is 16.9. The minimum absolute atomic E-state index is 0.0362. The van der Waals surface area contributed by atoms with Crippen LogP contribution in [0.3, 0.4) is 0 Å². The summed E-state index contributed by atoms with van der Waals surface area (Å²) in [6.07, 6.45) is 7.74. The van der Waals surface area contributed by atoms with Crippen LogP contribution in [-0.2, 0) is 6.54 Å². The molecular formula is C22H20N4O2. The quantitative estimate of drug-likeness (QED) is 0.693. The summed E-state index contributed by atoms with van der Waals surface area (Å²) in [6.45, 7) is 1.98. The van der Waals surface area contributed by atoms with Crippen LogP contribution in [0.1, 0.15) is 28.4 Å². The second kappa shape index (κ2) is 6.71. The number of piperidine rings is 1. The molecule has 1 saturated heterocycles. The number of amides is 1. The molecule has 5 heterocycles. The van der Waals surface area contributed by atoms with Crippen molar-refractivity contribution in [3.63, 3.8) is 0 Å². The summed E-state index contributed by atoms with van der Waals surface area (Å²) in [5.41, 5.74) is 3.25. The Morgan fingerprint density at radius 2 is 1.82 bits per heavy atom. The molecule has 1 fully saturated rings. The molecule has 0 saturated carbocycles. The number of hydrogen-bond acceptors (Lipinski definition) is 4. The van der Waals surface area contributed by atoms with Gasteiger partial charge in [-0.15, -0.1) is 0 Å². The SMILES string of the molecule is O=C(c1ccncc1)N1C[C@H]2C[C@H](C1)c1ccc(-c3cccnc3)c(=O)n1C2. The molecule has 5 rings (SSSR count). The molecule has 3 aromatic heterocycles. The number of nitrogens with zero attached hydrogens (tertiary/aromatic N) is 4. The fourth-order valence-electron chi connectivity index (χ4n) is 4.53. The smallest absolute Gasteiger partial charge is 0.258 e. The molecular weight excluding hydrogens is 352 g/mol. The molecule has 2 aliphatic rings. The third kappa shape index (κ3) is 2.81. The first-order valence-electron chi connectivity index (χ1n) is 9.54. The zero-order valence-corrected chi connectivity index (χ0v) is 15.4. The Morgan fingerprint density at radius 1 is 0.964 bits per heavy atom. The van der Waals surface area contributed by atoms with Crippen LogP contribution in [0.25, 0.3) is 11.1 Å². The maximum absolute atomic E-state index is 13.1. The Labute approximate surface area is 162 Å². The minimum atomic E-state index is 0.0362. The van der Waals surface area contributed by atoms with Gasteiger partial charge in [0.2, 0.25) is 0 Å². The Morgan fingerprint density at radius 3 is 2.61 bits per heavy atom. The lowest BCUT2D eigenvalue weighted by molar-refractivity contribution is 0.0594. The standard InChI is InChI=1S/C22H20N4O2/c27-21(16-5-8-23-9-6-16)25-12-15-10-18(14-25)20-4-3-19(22(28)26(20)13-15)17-2-1-7-24-11-17/h1-9,11,15,18H,10,12-14H2/t15-,18-/m1/s1. The summed E-state index contributed by atoms with van der Waals surface area (Å²) in [5.74, 6) is 0.521. The second-order valence-electron chi connectivity index (χ2n) is 7.57. The topological polar surface area (TPSA) is 68.1 Å². The van der Waals surface area contributed by atoms with Gasteiger partial charge in [0.1, 0.15) is 0 Å². The zero-order chi connectivity index (χ0) is 19.1. The molecule has 0 radical (unpaired) electrons. The van der Waals surface area contributed by atoms with Gasteiger partial charge in [-0.2, -0.15) is 0 Å². The maximum Gasteiger partial charge on any atom is 0.258 e. The predicted octanol–water partition coefficient (Wildman–Crippen LogP) is 2.56. The van der Waals surface area contributed by atoms with E-state index in [1.54, 1.807) is 36.9 Å². The normalized spacial score (nSPS) is 20.5. The monoisotopic (exact) mass is 372 g/mol. The van der Waals surface area contributed by atoms with Crippen molar-refractivity contribution in [2.24, 2.45) is 5.92 Å². The van der Waals surface area contributed by atoms with Gasteiger partial charge >= 0.3 is 0 Å². The summed E-state index contributed by atoms with van der Waals surface area (Å²) >= 11 is 0. The van der Waals surface area contributed by atoms with Crippen LogP contribution in [0.2, 0.25) is 0 Å². The van der Waals surface area contributed by atoms with E-state index in [4.69, 9.17) is 0 Å². The van der Waals surface area contributed by atoms with Crippen LogP contribution in [0, 0.1) is 5.92 Å². The summed E-state index contributed by atoms with van der Waals surface area (Å²) in [6, 6.07) is 11.2. The molecule has 2 atom stereocenters. The van der Waals surface area contributed by atoms with Crippen LogP contribution >= 0.6 is 0 Å². The van der Waals surface area contributed by atoms with Gasteiger partial charge in [-0.3, -0.25) is 19.6 Å². The van der Waals surface area contributed by atoms with Crippen molar-refractivity contribution in [2.45, 2.75) is 18.9 Å². The van der Waals surface area contributed by atoms with E-state index in [0.717, 1.165) is 17.7 Å². The van der Waals surface area contributed by atoms with E-state index in [1.807, 2.05) is 33.7 Å². The summed E-state index contributed by atoms with van der Waals surface area (Å²) in [4.78, 5) is 36.1. The molecule has 1 amide bonds. The number of carbonyl (C=O) groups excluding carboxylic acids is 1. The molecule has 0 aliphatic carbocycles. The highest BCUT2D eigenvalue weighted by Crippen LogP contribution is 2.36. The third-order valence-electron chi connectivity index (χ3n) is 5.79. The molecule has 0 aromatic carbocycles. The van der Waals surface area contributed by atoms with E-state index < -0.39 is 0 Å². The first-order chi connectivity index (χ1) is 13.7. The highest BCUT2D eigenvalue weighted by molar-refractivity contribution is 5.94. The van der Waals surface area contributed by atoms with Crippen molar-refractivity contribution in [3.8, 4) is 11.1 Å². The van der Waals surface area contributed by atoms with Gasteiger partial charge < -0.3 is 9.47 Å². The average Bonchev–Trinajstić information content (AvgIpc) is 2.75. The zero-order valence-electron chi connectivity index (χ0n) is 15.4. The van der Waals surface area contributed by atoms with Gasteiger partial charge in [0, 0.05) is 72.7 Å². The number of hydrogen-bond donors (Lipinski definition) is 0. The summed E-state index contributed by atoms with van der Waals surface area (Å²) in [7, 11) is 0. The number of carbonyl (C=O) groups is 1. The predicted molar refractivity (Wildman–Crippen MR) is 105 cm³/mol. The lowest BCUT2D eigenvalue weighted by Crippen LogP contribution is -2.49. The molecule has 3 aromatic rings. The van der Waals surface area contributed by atoms with Crippen LogP contribution in [-0.4, -0.2) is 38.4 Å². The Bertz CT molecular complexity index is 1080.